The molecule has 1 amide bonds. The second kappa shape index (κ2) is 19.9. The minimum absolute atomic E-state index is 0.0691. The van der Waals surface area contributed by atoms with Crippen LogP contribution in [0.2, 0.25) is 5.02 Å². The summed E-state index contributed by atoms with van der Waals surface area (Å²) in [6.45, 7) is 7.61. The molecule has 362 valence electrons. The van der Waals surface area contributed by atoms with Gasteiger partial charge in [-0.1, -0.05) is 43.2 Å². The number of sulfonamides is 1. The Morgan fingerprint density at radius 3 is 2.44 bits per heavy atom. The number of amides is 1. The second-order valence-electron chi connectivity index (χ2n) is 18.1. The van der Waals surface area contributed by atoms with Crippen LogP contribution >= 0.6 is 19.4 Å². The summed E-state index contributed by atoms with van der Waals surface area (Å²) in [7, 11) is -9.65. The summed E-state index contributed by atoms with van der Waals surface area (Å²) in [5.41, 5.74) is 2.65. The molecule has 3 aromatic rings. The number of nitrogens with zero attached hydrogens (tertiary/aromatic N) is 5. The topological polar surface area (TPSA) is 228 Å². The lowest BCUT2D eigenvalue weighted by Gasteiger charge is -2.39. The lowest BCUT2D eigenvalue weighted by molar-refractivity contribution is -0.384. The number of nitrogens with one attached hydrogen (secondary N) is 2. The minimum Gasteiger partial charge on any atom is -0.455 e. The number of fused-ring (bicyclic) bond motifs is 1. The molecule has 0 radical (unpaired) electrons. The van der Waals surface area contributed by atoms with Crippen molar-refractivity contribution in [2.75, 3.05) is 62.7 Å². The van der Waals surface area contributed by atoms with E-state index in [1.165, 1.54) is 39.7 Å². The van der Waals surface area contributed by atoms with Gasteiger partial charge in [0.1, 0.15) is 35.4 Å². The molecule has 8 rings (SSSR count). The number of nitro groups is 1. The van der Waals surface area contributed by atoms with Crippen molar-refractivity contribution < 1.29 is 50.9 Å². The molecule has 2 saturated heterocycles. The Hall–Kier alpha value is -5.44. The number of allylic oxidation sites excluding steroid dienone is 1. The zero-order valence-corrected chi connectivity index (χ0v) is 39.9. The maximum absolute atomic E-state index is 15.3. The van der Waals surface area contributed by atoms with Gasteiger partial charge in [0, 0.05) is 99.9 Å². The van der Waals surface area contributed by atoms with E-state index in [2.05, 4.69) is 46.1 Å². The standard InChI is InChI=1S/C46H52ClFN7O11PS/c1-45(2)13-11-33(39(26-45)31-3-5-34(47)6-4-31)27-52-17-19-53(20-18-52)35-7-9-38(42(24-35)66-36-23-32-12-16-49-43(32)54(28-36)30-65-67(59,60)61)44(56)51-68(62,63)37-8-10-40(41(25-37)55(57)58)50-29-46(48)14-21-64-22-15-46/h3-10,12,16,23-25,28,50H,11,13-15,17-22,26-27,29-30H2,1-2H3,(H,51,56)(H2,59,60,61). The number of phosphoric ester groups is 1. The lowest BCUT2D eigenvalue weighted by Crippen LogP contribution is -2.47. The Morgan fingerprint density at radius 1 is 1.00 bits per heavy atom. The quantitative estimate of drug-likeness (QED) is 0.0415. The highest BCUT2D eigenvalue weighted by Gasteiger charge is 2.34. The van der Waals surface area contributed by atoms with Gasteiger partial charge in [0.05, 0.1) is 21.6 Å². The number of alkyl halides is 1. The van der Waals surface area contributed by atoms with Crippen molar-refractivity contribution in [1.29, 1.82) is 0 Å². The van der Waals surface area contributed by atoms with Gasteiger partial charge in [-0.3, -0.25) is 24.3 Å². The summed E-state index contributed by atoms with van der Waals surface area (Å²) in [4.78, 5) is 52.4. The Balaban J connectivity index is 1.05. The van der Waals surface area contributed by atoms with Crippen LogP contribution in [0, 0.1) is 15.5 Å². The number of rotatable bonds is 16. The number of anilines is 2. The summed E-state index contributed by atoms with van der Waals surface area (Å²) < 4.78 is 74.1. The van der Waals surface area contributed by atoms with Gasteiger partial charge >= 0.3 is 7.82 Å². The molecule has 4 heterocycles. The summed E-state index contributed by atoms with van der Waals surface area (Å²) in [5.74, 6) is -0.777. The largest absolute Gasteiger partial charge is 0.471 e. The number of benzene rings is 3. The first kappa shape index (κ1) is 49.0. The molecule has 4 aliphatic heterocycles. The molecule has 1 aliphatic carbocycles. The number of hydrogen-bond acceptors (Lipinski definition) is 13. The third-order valence-electron chi connectivity index (χ3n) is 12.6. The van der Waals surface area contributed by atoms with Gasteiger partial charge in [-0.25, -0.2) is 27.1 Å². The summed E-state index contributed by atoms with van der Waals surface area (Å²) in [6.07, 6.45) is 6.05. The summed E-state index contributed by atoms with van der Waals surface area (Å²) >= 11 is 6.24. The number of hydrogen-bond donors (Lipinski definition) is 4. The molecule has 5 aliphatic rings. The monoisotopic (exact) mass is 995 g/mol. The van der Waals surface area contributed by atoms with E-state index in [0.717, 1.165) is 57.1 Å². The van der Waals surface area contributed by atoms with Crippen LogP contribution in [-0.2, 0) is 30.6 Å². The number of ether oxygens (including phenoxy) is 2. The molecule has 0 saturated carbocycles. The molecule has 0 bridgehead atoms. The van der Waals surface area contributed by atoms with E-state index in [4.69, 9.17) is 25.6 Å². The van der Waals surface area contributed by atoms with Crippen molar-refractivity contribution in [3.05, 3.63) is 117 Å². The van der Waals surface area contributed by atoms with Crippen molar-refractivity contribution in [3.8, 4) is 22.9 Å². The number of nitro benzene ring substituents is 1. The number of halogens is 2. The number of phosphoric acid groups is 1. The van der Waals surface area contributed by atoms with E-state index in [0.29, 0.717) is 35.2 Å². The lowest BCUT2D eigenvalue weighted by atomic mass is 9.72. The van der Waals surface area contributed by atoms with Gasteiger partial charge in [0.15, 0.2) is 0 Å². The molecule has 2 fully saturated rings. The highest BCUT2D eigenvalue weighted by atomic mass is 35.5. The predicted octanol–water partition coefficient (Wildman–Crippen LogP) is 8.24. The molecule has 22 heteroatoms. The fraction of sp³-hybridized carbons (Fsp3) is 0.391. The molecular weight excluding hydrogens is 944 g/mol. The number of carbonyl (C=O) groups excluding carboxylic acids is 1. The van der Waals surface area contributed by atoms with Crippen LogP contribution in [-0.4, -0.2) is 102 Å². The van der Waals surface area contributed by atoms with Crippen molar-refractivity contribution >= 4 is 58.0 Å². The minimum atomic E-state index is -4.90. The van der Waals surface area contributed by atoms with Gasteiger partial charge < -0.3 is 34.0 Å². The molecule has 0 aromatic heterocycles. The fourth-order valence-electron chi connectivity index (χ4n) is 8.77. The van der Waals surface area contributed by atoms with Crippen molar-refractivity contribution in [1.82, 2.24) is 19.2 Å². The van der Waals surface area contributed by atoms with E-state index < -0.39 is 51.7 Å². The van der Waals surface area contributed by atoms with Crippen LogP contribution in [0.5, 0.6) is 11.5 Å². The molecule has 0 unspecified atom stereocenters. The summed E-state index contributed by atoms with van der Waals surface area (Å²) in [6, 6.07) is 18.9. The highest BCUT2D eigenvalue weighted by Crippen LogP contribution is 2.44. The maximum atomic E-state index is 15.3. The van der Waals surface area contributed by atoms with E-state index in [1.54, 1.807) is 24.3 Å². The molecular formula is C46H52ClFN7O11PS. The van der Waals surface area contributed by atoms with E-state index in [1.807, 2.05) is 16.9 Å². The van der Waals surface area contributed by atoms with Crippen LogP contribution in [0.4, 0.5) is 21.5 Å². The van der Waals surface area contributed by atoms with E-state index in [-0.39, 0.29) is 60.8 Å². The zero-order chi connectivity index (χ0) is 48.4. The molecule has 18 nitrogen and oxygen atoms in total. The first-order valence-electron chi connectivity index (χ1n) is 22.0. The SMILES string of the molecule is CC1(C)CCC(CN2CCN(c3ccc(C(=O)NS(=O)(=O)c4ccc(NCC5(F)CCOCC5)c([N+](=O)[O-])c4)c(Oc4cc5ccnc-5n(COP(=O)(O)O)c4)c3)CC2)=C(c2ccc(Cl)cc2)C1. The third kappa shape index (κ3) is 11.9. The Labute approximate surface area is 397 Å². The predicted molar refractivity (Wildman–Crippen MR) is 253 cm³/mol. The van der Waals surface area contributed by atoms with Crippen LogP contribution in [0.1, 0.15) is 61.9 Å². The van der Waals surface area contributed by atoms with Gasteiger partial charge in [0.2, 0.25) is 0 Å². The average molecular weight is 996 g/mol. The zero-order valence-electron chi connectivity index (χ0n) is 37.4. The van der Waals surface area contributed by atoms with Gasteiger partial charge in [-0.05, 0) is 84.3 Å². The van der Waals surface area contributed by atoms with Gasteiger partial charge in [-0.2, -0.15) is 0 Å². The van der Waals surface area contributed by atoms with Gasteiger partial charge in [-0.15, -0.1) is 0 Å². The summed E-state index contributed by atoms with van der Waals surface area (Å²) in [5, 5.41) is 15.6. The van der Waals surface area contributed by atoms with Crippen LogP contribution in [0.15, 0.2) is 95.7 Å². The maximum Gasteiger partial charge on any atom is 0.471 e. The van der Waals surface area contributed by atoms with Gasteiger partial charge in [0.25, 0.3) is 21.6 Å². The van der Waals surface area contributed by atoms with Crippen molar-refractivity contribution in [2.24, 2.45) is 5.41 Å². The van der Waals surface area contributed by atoms with Crippen LogP contribution < -0.4 is 19.7 Å². The molecule has 4 N–H and O–H groups in total. The Morgan fingerprint density at radius 2 is 1.74 bits per heavy atom. The highest BCUT2D eigenvalue weighted by molar-refractivity contribution is 7.90. The van der Waals surface area contributed by atoms with E-state index in [9.17, 15) is 37.7 Å². The van der Waals surface area contributed by atoms with Crippen molar-refractivity contribution in [2.45, 2.75) is 63.2 Å². The van der Waals surface area contributed by atoms with Crippen LogP contribution in [0.25, 0.3) is 17.0 Å². The molecule has 68 heavy (non-hydrogen) atoms. The molecule has 0 atom stereocenters. The average Bonchev–Trinajstić information content (AvgIpc) is 3.77. The smallest absolute Gasteiger partial charge is 0.455 e. The normalized spacial score (nSPS) is 17.8. The number of aromatic nitrogens is 2. The first-order valence-corrected chi connectivity index (χ1v) is 25.4. The van der Waals surface area contributed by atoms with Crippen LogP contribution in [0.3, 0.4) is 0 Å². The number of carbonyl (C=O) groups is 1. The Bertz CT molecular complexity index is 2840. The molecule has 3 aromatic carbocycles. The first-order chi connectivity index (χ1) is 32.2. The number of pyridine rings is 1. The molecule has 0 spiro atoms. The Kier molecular flexibility index (Phi) is 14.3. The third-order valence-corrected chi connectivity index (χ3v) is 14.6. The van der Waals surface area contributed by atoms with E-state index >= 15 is 4.39 Å². The second-order valence-corrected chi connectivity index (χ2v) is 21.4. The van der Waals surface area contributed by atoms with Crippen molar-refractivity contribution in [3.63, 3.8) is 0 Å². The fourth-order valence-corrected chi connectivity index (χ4v) is 10.2. The number of piperazine rings is 1.